The van der Waals surface area contributed by atoms with Crippen molar-refractivity contribution in [3.05, 3.63) is 47.3 Å². The van der Waals surface area contributed by atoms with Crippen LogP contribution in [0.1, 0.15) is 34.6 Å². The number of carbonyl (C=O) groups is 1. The van der Waals surface area contributed by atoms with Crippen molar-refractivity contribution in [3.8, 4) is 5.75 Å². The molecule has 7 nitrogen and oxygen atoms in total. The molecule has 0 atom stereocenters. The predicted molar refractivity (Wildman–Crippen MR) is 114 cm³/mol. The number of ether oxygens (including phenoxy) is 1. The highest BCUT2D eigenvalue weighted by atomic mass is 16.5. The van der Waals surface area contributed by atoms with Crippen LogP contribution in [0.4, 0.5) is 5.69 Å². The van der Waals surface area contributed by atoms with E-state index in [4.69, 9.17) is 4.74 Å². The third-order valence-electron chi connectivity index (χ3n) is 5.42. The third-order valence-corrected chi connectivity index (χ3v) is 5.42. The number of rotatable bonds is 4. The zero-order chi connectivity index (χ0) is 20.5. The predicted octanol–water partition coefficient (Wildman–Crippen LogP) is 3.31. The van der Waals surface area contributed by atoms with Crippen LogP contribution in [-0.4, -0.2) is 51.8 Å². The largest absolute Gasteiger partial charge is 0.490 e. The van der Waals surface area contributed by atoms with Gasteiger partial charge in [-0.1, -0.05) is 0 Å². The number of hydrogen-bond acceptors (Lipinski definition) is 5. The van der Waals surface area contributed by atoms with Crippen molar-refractivity contribution < 1.29 is 9.53 Å². The molecule has 152 valence electrons. The van der Waals surface area contributed by atoms with Gasteiger partial charge in [0.05, 0.1) is 16.6 Å². The van der Waals surface area contributed by atoms with E-state index >= 15 is 0 Å². The number of carbonyl (C=O) groups excluding carboxylic acids is 1. The third kappa shape index (κ3) is 4.10. The van der Waals surface area contributed by atoms with Gasteiger partial charge in [-0.3, -0.25) is 9.48 Å². The maximum absolute atomic E-state index is 13.0. The average molecular weight is 393 g/mol. The van der Waals surface area contributed by atoms with E-state index in [1.807, 2.05) is 51.2 Å². The molecule has 7 heteroatoms. The number of nitrogens with one attached hydrogen (secondary N) is 1. The molecular formula is C22H27N5O2. The van der Waals surface area contributed by atoms with Crippen LogP contribution in [0.3, 0.4) is 0 Å². The highest BCUT2D eigenvalue weighted by molar-refractivity contribution is 6.12. The van der Waals surface area contributed by atoms with Crippen LogP contribution in [0.15, 0.2) is 30.3 Å². The fourth-order valence-corrected chi connectivity index (χ4v) is 3.86. The number of pyridine rings is 1. The quantitative estimate of drug-likeness (QED) is 0.736. The van der Waals surface area contributed by atoms with Gasteiger partial charge in [-0.05, 0) is 64.1 Å². The maximum atomic E-state index is 13.0. The van der Waals surface area contributed by atoms with Gasteiger partial charge in [0.2, 0.25) is 0 Å². The van der Waals surface area contributed by atoms with Gasteiger partial charge in [0, 0.05) is 31.5 Å². The SMILES string of the molecule is Cc1cc(C(=O)Nc2ccc(OC3CCN(C)CC3)cc2)c2c(C)nn(C)c2n1. The fraction of sp³-hybridized carbons (Fsp3) is 0.409. The minimum Gasteiger partial charge on any atom is -0.490 e. The molecule has 3 heterocycles. The molecule has 0 spiro atoms. The van der Waals surface area contributed by atoms with E-state index < -0.39 is 0 Å². The lowest BCUT2D eigenvalue weighted by Crippen LogP contribution is -2.35. The number of nitrogens with zero attached hydrogens (tertiary/aromatic N) is 4. The second-order valence-corrected chi connectivity index (χ2v) is 7.82. The molecule has 0 unspecified atom stereocenters. The summed E-state index contributed by atoms with van der Waals surface area (Å²) in [5, 5.41) is 8.18. The fourth-order valence-electron chi connectivity index (χ4n) is 3.86. The monoisotopic (exact) mass is 393 g/mol. The Morgan fingerprint density at radius 3 is 2.52 bits per heavy atom. The molecule has 0 saturated carbocycles. The van der Waals surface area contributed by atoms with Crippen LogP contribution in [-0.2, 0) is 7.05 Å². The zero-order valence-corrected chi connectivity index (χ0v) is 17.4. The van der Waals surface area contributed by atoms with Gasteiger partial charge in [0.25, 0.3) is 5.91 Å². The van der Waals surface area contributed by atoms with Crippen molar-refractivity contribution >= 4 is 22.6 Å². The van der Waals surface area contributed by atoms with Crippen LogP contribution < -0.4 is 10.1 Å². The smallest absolute Gasteiger partial charge is 0.256 e. The number of piperidine rings is 1. The highest BCUT2D eigenvalue weighted by Crippen LogP contribution is 2.24. The molecule has 2 aromatic heterocycles. The summed E-state index contributed by atoms with van der Waals surface area (Å²) in [6, 6.07) is 9.39. The van der Waals surface area contributed by atoms with Gasteiger partial charge in [0.15, 0.2) is 5.65 Å². The first-order chi connectivity index (χ1) is 13.9. The molecule has 1 saturated heterocycles. The van der Waals surface area contributed by atoms with Crippen molar-refractivity contribution in [3.63, 3.8) is 0 Å². The summed E-state index contributed by atoms with van der Waals surface area (Å²) in [7, 11) is 3.98. The van der Waals surface area contributed by atoms with E-state index in [1.54, 1.807) is 4.68 Å². The lowest BCUT2D eigenvalue weighted by Gasteiger charge is -2.29. The second kappa shape index (κ2) is 7.83. The number of hydrogen-bond donors (Lipinski definition) is 1. The van der Waals surface area contributed by atoms with Crippen LogP contribution in [0.25, 0.3) is 11.0 Å². The summed E-state index contributed by atoms with van der Waals surface area (Å²) in [6.07, 6.45) is 2.33. The summed E-state index contributed by atoms with van der Waals surface area (Å²) >= 11 is 0. The lowest BCUT2D eigenvalue weighted by atomic mass is 10.1. The first-order valence-corrected chi connectivity index (χ1v) is 9.98. The number of aromatic nitrogens is 3. The molecule has 1 aromatic carbocycles. The number of fused-ring (bicyclic) bond motifs is 1. The number of benzene rings is 1. The molecule has 1 aliphatic heterocycles. The Morgan fingerprint density at radius 2 is 1.83 bits per heavy atom. The molecule has 1 N–H and O–H groups in total. The maximum Gasteiger partial charge on any atom is 0.256 e. The molecule has 0 aliphatic carbocycles. The number of aryl methyl sites for hydroxylation is 3. The van der Waals surface area contributed by atoms with Crippen LogP contribution in [0, 0.1) is 13.8 Å². The molecule has 0 bridgehead atoms. The van der Waals surface area contributed by atoms with Gasteiger partial charge in [0.1, 0.15) is 11.9 Å². The Kier molecular flexibility index (Phi) is 5.24. The van der Waals surface area contributed by atoms with E-state index in [1.165, 1.54) is 0 Å². The molecule has 3 aromatic rings. The zero-order valence-electron chi connectivity index (χ0n) is 17.4. The Balaban J connectivity index is 1.48. The second-order valence-electron chi connectivity index (χ2n) is 7.82. The number of amides is 1. The lowest BCUT2D eigenvalue weighted by molar-refractivity contribution is 0.102. The van der Waals surface area contributed by atoms with Gasteiger partial charge in [-0.15, -0.1) is 0 Å². The van der Waals surface area contributed by atoms with Gasteiger partial charge in [-0.2, -0.15) is 5.10 Å². The molecule has 0 radical (unpaired) electrons. The van der Waals surface area contributed by atoms with Gasteiger partial charge in [-0.25, -0.2) is 4.98 Å². The number of likely N-dealkylation sites (tertiary alicyclic amines) is 1. The molecule has 1 fully saturated rings. The van der Waals surface area contributed by atoms with Crippen molar-refractivity contribution in [1.82, 2.24) is 19.7 Å². The van der Waals surface area contributed by atoms with Crippen molar-refractivity contribution in [2.75, 3.05) is 25.5 Å². The Labute approximate surface area is 170 Å². The van der Waals surface area contributed by atoms with Gasteiger partial charge >= 0.3 is 0 Å². The Morgan fingerprint density at radius 1 is 1.14 bits per heavy atom. The first kappa shape index (κ1) is 19.4. The van der Waals surface area contributed by atoms with Crippen molar-refractivity contribution in [2.24, 2.45) is 7.05 Å². The summed E-state index contributed by atoms with van der Waals surface area (Å²) in [4.78, 5) is 19.8. The Hall–Kier alpha value is -2.93. The summed E-state index contributed by atoms with van der Waals surface area (Å²) in [6.45, 7) is 5.90. The highest BCUT2D eigenvalue weighted by Gasteiger charge is 2.19. The molecule has 4 rings (SSSR count). The topological polar surface area (TPSA) is 72.3 Å². The van der Waals surface area contributed by atoms with Crippen LogP contribution in [0.2, 0.25) is 0 Å². The van der Waals surface area contributed by atoms with Gasteiger partial charge < -0.3 is 15.0 Å². The molecule has 1 amide bonds. The van der Waals surface area contributed by atoms with Crippen LogP contribution in [0.5, 0.6) is 5.75 Å². The summed E-state index contributed by atoms with van der Waals surface area (Å²) < 4.78 is 7.79. The van der Waals surface area contributed by atoms with Crippen LogP contribution >= 0.6 is 0 Å². The van der Waals surface area contributed by atoms with E-state index in [9.17, 15) is 4.79 Å². The minimum atomic E-state index is -0.166. The normalized spacial score (nSPS) is 15.6. The molecular weight excluding hydrogens is 366 g/mol. The average Bonchev–Trinajstić information content (AvgIpc) is 2.98. The minimum absolute atomic E-state index is 0.166. The van der Waals surface area contributed by atoms with E-state index in [2.05, 4.69) is 27.3 Å². The molecule has 29 heavy (non-hydrogen) atoms. The van der Waals surface area contributed by atoms with E-state index in [0.717, 1.165) is 59.8 Å². The summed E-state index contributed by atoms with van der Waals surface area (Å²) in [5.41, 5.74) is 3.61. The molecule has 1 aliphatic rings. The van der Waals surface area contributed by atoms with Crippen molar-refractivity contribution in [2.45, 2.75) is 32.8 Å². The summed E-state index contributed by atoms with van der Waals surface area (Å²) in [5.74, 6) is 0.670. The number of anilines is 1. The van der Waals surface area contributed by atoms with Crippen molar-refractivity contribution in [1.29, 1.82) is 0 Å². The Bertz CT molecular complexity index is 1030. The van der Waals surface area contributed by atoms with E-state index in [-0.39, 0.29) is 12.0 Å². The van der Waals surface area contributed by atoms with E-state index in [0.29, 0.717) is 5.56 Å². The standard InChI is InChI=1S/C22H27N5O2/c1-14-13-19(20-15(2)25-27(4)21(20)23-14)22(28)24-16-5-7-17(8-6-16)29-18-9-11-26(3)12-10-18/h5-8,13,18H,9-12H2,1-4H3,(H,24,28). The first-order valence-electron chi connectivity index (χ1n) is 9.98.